The van der Waals surface area contributed by atoms with E-state index in [9.17, 15) is 4.39 Å². The third-order valence-electron chi connectivity index (χ3n) is 3.35. The quantitative estimate of drug-likeness (QED) is 0.696. The topological polar surface area (TPSA) is 9.23 Å². The molecule has 1 aliphatic carbocycles. The highest BCUT2D eigenvalue weighted by atomic mass is 79.9. The number of ether oxygens (including phenoxy) is 1. The molecule has 1 fully saturated rings. The summed E-state index contributed by atoms with van der Waals surface area (Å²) in [7, 11) is 0. The van der Waals surface area contributed by atoms with Gasteiger partial charge in [-0.05, 0) is 40.4 Å². The fourth-order valence-electron chi connectivity index (χ4n) is 2.07. The van der Waals surface area contributed by atoms with Gasteiger partial charge in [-0.2, -0.15) is 0 Å². The maximum atomic E-state index is 13.3. The molecule has 3 rings (SSSR count). The van der Waals surface area contributed by atoms with Gasteiger partial charge in [-0.15, -0.1) is 0 Å². The summed E-state index contributed by atoms with van der Waals surface area (Å²) in [5, 5.41) is 0. The van der Waals surface area contributed by atoms with Crippen LogP contribution in [-0.4, -0.2) is 6.61 Å². The smallest absolute Gasteiger partial charge is 0.141 e. The Morgan fingerprint density at radius 1 is 1.40 bits per heavy atom. The zero-order valence-corrected chi connectivity index (χ0v) is 9.73. The summed E-state index contributed by atoms with van der Waals surface area (Å²) in [5.74, 6) is 0.339. The highest BCUT2D eigenvalue weighted by Crippen LogP contribution is 2.59. The van der Waals surface area contributed by atoms with Crippen molar-refractivity contribution in [3.05, 3.63) is 34.6 Å². The van der Waals surface area contributed by atoms with Crippen molar-refractivity contribution >= 4 is 21.5 Å². The predicted molar refractivity (Wildman–Crippen MR) is 60.3 cm³/mol. The average Bonchev–Trinajstić information content (AvgIpc) is 2.97. The molecule has 0 aromatic heterocycles. The molecule has 0 N–H and O–H groups in total. The normalized spacial score (nSPS) is 21.1. The first-order chi connectivity index (χ1) is 7.12. The molecule has 0 bridgehead atoms. The van der Waals surface area contributed by atoms with Gasteiger partial charge in [0.15, 0.2) is 0 Å². The van der Waals surface area contributed by atoms with Gasteiger partial charge in [0.05, 0.1) is 11.1 Å². The molecular weight excluding hydrogens is 259 g/mol. The van der Waals surface area contributed by atoms with Crippen molar-refractivity contribution in [2.45, 2.75) is 12.8 Å². The Bertz CT molecular complexity index is 463. The lowest BCUT2D eigenvalue weighted by molar-refractivity contribution is 0.255. The fraction of sp³-hybridized carbons (Fsp3) is 0.333. The molecule has 1 heterocycles. The Kier molecular flexibility index (Phi) is 1.78. The second-order valence-electron chi connectivity index (χ2n) is 4.31. The molecule has 1 aromatic rings. The van der Waals surface area contributed by atoms with Gasteiger partial charge in [-0.3, -0.25) is 0 Å². The maximum Gasteiger partial charge on any atom is 0.141 e. The van der Waals surface area contributed by atoms with E-state index in [0.717, 1.165) is 24.0 Å². The largest absolute Gasteiger partial charge is 0.492 e. The van der Waals surface area contributed by atoms with E-state index in [0.29, 0.717) is 16.8 Å². The lowest BCUT2D eigenvalue weighted by atomic mass is 9.89. The maximum absolute atomic E-state index is 13.3. The van der Waals surface area contributed by atoms with Gasteiger partial charge >= 0.3 is 0 Å². The van der Waals surface area contributed by atoms with Crippen molar-refractivity contribution in [2.75, 3.05) is 6.61 Å². The summed E-state index contributed by atoms with van der Waals surface area (Å²) in [5.41, 5.74) is 2.21. The molecule has 0 unspecified atom stereocenters. The van der Waals surface area contributed by atoms with E-state index in [1.165, 1.54) is 6.07 Å². The Morgan fingerprint density at radius 2 is 2.13 bits per heavy atom. The van der Waals surface area contributed by atoms with E-state index in [2.05, 4.69) is 22.5 Å². The van der Waals surface area contributed by atoms with Gasteiger partial charge in [-0.1, -0.05) is 6.58 Å². The molecule has 1 aromatic carbocycles. The van der Waals surface area contributed by atoms with Gasteiger partial charge in [-0.25, -0.2) is 4.39 Å². The third kappa shape index (κ3) is 1.26. The minimum absolute atomic E-state index is 0.157. The highest BCUT2D eigenvalue weighted by molar-refractivity contribution is 9.10. The number of halogens is 2. The van der Waals surface area contributed by atoms with Crippen LogP contribution in [0.1, 0.15) is 18.4 Å². The van der Waals surface area contributed by atoms with E-state index in [1.54, 1.807) is 6.07 Å². The molecule has 3 heteroatoms. The molecule has 1 aliphatic heterocycles. The minimum atomic E-state index is -0.284. The molecule has 15 heavy (non-hydrogen) atoms. The SMILES string of the molecule is C=C1c2cc(Br)c(F)cc2OCC12CC2. The van der Waals surface area contributed by atoms with Crippen LogP contribution >= 0.6 is 15.9 Å². The summed E-state index contributed by atoms with van der Waals surface area (Å²) in [6.07, 6.45) is 2.28. The molecular formula is C12H10BrFO. The molecule has 0 amide bonds. The number of benzene rings is 1. The van der Waals surface area contributed by atoms with Crippen molar-refractivity contribution in [1.82, 2.24) is 0 Å². The summed E-state index contributed by atoms with van der Waals surface area (Å²) >= 11 is 3.19. The average molecular weight is 269 g/mol. The van der Waals surface area contributed by atoms with Crippen LogP contribution < -0.4 is 4.74 Å². The van der Waals surface area contributed by atoms with Crippen LogP contribution in [0.2, 0.25) is 0 Å². The molecule has 1 spiro atoms. The van der Waals surface area contributed by atoms with Crippen LogP contribution in [0.5, 0.6) is 5.75 Å². The van der Waals surface area contributed by atoms with Crippen molar-refractivity contribution in [3.63, 3.8) is 0 Å². The zero-order chi connectivity index (χ0) is 10.6. The van der Waals surface area contributed by atoms with E-state index in [-0.39, 0.29) is 11.2 Å². The summed E-state index contributed by atoms with van der Waals surface area (Å²) < 4.78 is 19.3. The Hall–Kier alpha value is -0.830. The monoisotopic (exact) mass is 268 g/mol. The van der Waals surface area contributed by atoms with Crippen LogP contribution in [0.4, 0.5) is 4.39 Å². The van der Waals surface area contributed by atoms with Crippen LogP contribution in [0.15, 0.2) is 23.2 Å². The van der Waals surface area contributed by atoms with Crippen molar-refractivity contribution in [1.29, 1.82) is 0 Å². The lowest BCUT2D eigenvalue weighted by Gasteiger charge is -2.27. The van der Waals surface area contributed by atoms with Crippen molar-refractivity contribution < 1.29 is 9.13 Å². The third-order valence-corrected chi connectivity index (χ3v) is 3.95. The van der Waals surface area contributed by atoms with Crippen LogP contribution in [-0.2, 0) is 0 Å². The lowest BCUT2D eigenvalue weighted by Crippen LogP contribution is -2.20. The first-order valence-corrected chi connectivity index (χ1v) is 5.73. The number of hydrogen-bond donors (Lipinski definition) is 0. The minimum Gasteiger partial charge on any atom is -0.492 e. The molecule has 1 saturated carbocycles. The summed E-state index contributed by atoms with van der Waals surface area (Å²) in [6, 6.07) is 3.20. The predicted octanol–water partition coefficient (Wildman–Crippen LogP) is 3.77. The van der Waals surface area contributed by atoms with Gasteiger partial charge < -0.3 is 4.74 Å². The van der Waals surface area contributed by atoms with Crippen molar-refractivity contribution in [3.8, 4) is 5.75 Å². The first kappa shape index (κ1) is 9.40. The molecule has 1 nitrogen and oxygen atoms in total. The molecule has 2 aliphatic rings. The molecule has 0 atom stereocenters. The molecule has 0 radical (unpaired) electrons. The Morgan fingerprint density at radius 3 is 2.80 bits per heavy atom. The zero-order valence-electron chi connectivity index (χ0n) is 8.15. The number of fused-ring (bicyclic) bond motifs is 1. The van der Waals surface area contributed by atoms with Gasteiger partial charge in [0.2, 0.25) is 0 Å². The fourth-order valence-corrected chi connectivity index (χ4v) is 2.41. The second-order valence-corrected chi connectivity index (χ2v) is 5.16. The van der Waals surface area contributed by atoms with Crippen LogP contribution in [0.3, 0.4) is 0 Å². The van der Waals surface area contributed by atoms with E-state index < -0.39 is 0 Å². The molecule has 78 valence electrons. The van der Waals surface area contributed by atoms with Gasteiger partial charge in [0.1, 0.15) is 11.6 Å². The van der Waals surface area contributed by atoms with Gasteiger partial charge in [0, 0.05) is 17.0 Å². The second kappa shape index (κ2) is 2.85. The Labute approximate surface area is 96.1 Å². The summed E-state index contributed by atoms with van der Waals surface area (Å²) in [4.78, 5) is 0. The molecule has 0 saturated heterocycles. The Balaban J connectivity index is 2.15. The summed E-state index contributed by atoms with van der Waals surface area (Å²) in [6.45, 7) is 4.77. The van der Waals surface area contributed by atoms with Gasteiger partial charge in [0.25, 0.3) is 0 Å². The number of hydrogen-bond acceptors (Lipinski definition) is 1. The van der Waals surface area contributed by atoms with E-state index in [1.807, 2.05) is 0 Å². The van der Waals surface area contributed by atoms with E-state index in [4.69, 9.17) is 4.74 Å². The standard InChI is InChI=1S/C12H10BrFO/c1-7-8-4-9(13)10(14)5-11(8)15-6-12(7)2-3-12/h4-5H,1-3,6H2. The van der Waals surface area contributed by atoms with E-state index >= 15 is 0 Å². The number of rotatable bonds is 0. The highest BCUT2D eigenvalue weighted by Gasteiger charge is 2.49. The van der Waals surface area contributed by atoms with Crippen LogP contribution in [0, 0.1) is 11.2 Å². The van der Waals surface area contributed by atoms with Crippen LogP contribution in [0.25, 0.3) is 5.57 Å². The first-order valence-electron chi connectivity index (χ1n) is 4.94. The van der Waals surface area contributed by atoms with Crippen molar-refractivity contribution in [2.24, 2.45) is 5.41 Å².